The molecule has 19 heavy (non-hydrogen) atoms. The summed E-state index contributed by atoms with van der Waals surface area (Å²) in [6.45, 7) is 0.305. The van der Waals surface area contributed by atoms with Crippen LogP contribution in [0.1, 0.15) is 19.3 Å². The summed E-state index contributed by atoms with van der Waals surface area (Å²) in [6, 6.07) is 8.20. The van der Waals surface area contributed by atoms with Crippen LogP contribution in [0.3, 0.4) is 0 Å². The number of carbonyl (C=O) groups excluding carboxylic acids is 1. The first-order valence-electron chi connectivity index (χ1n) is 6.35. The lowest BCUT2D eigenvalue weighted by molar-refractivity contribution is 0.147. The van der Waals surface area contributed by atoms with Crippen LogP contribution in [0.25, 0.3) is 0 Å². The van der Waals surface area contributed by atoms with Crippen LogP contribution in [0, 0.1) is 0 Å². The number of ether oxygens (including phenoxy) is 1. The van der Waals surface area contributed by atoms with Gasteiger partial charge in [0.25, 0.3) is 0 Å². The first-order valence-corrected chi connectivity index (χ1v) is 7.89. The molecule has 0 saturated carbocycles. The molecule has 6 heteroatoms. The van der Waals surface area contributed by atoms with Crippen LogP contribution < -0.4 is 0 Å². The number of benzene rings is 1. The minimum atomic E-state index is -3.52. The molecule has 0 unspecified atom stereocenters. The van der Waals surface area contributed by atoms with Gasteiger partial charge in [-0.2, -0.15) is 0 Å². The molecule has 0 aromatic heterocycles. The molecule has 2 heterocycles. The summed E-state index contributed by atoms with van der Waals surface area (Å²) < 4.78 is 30.2. The molecule has 2 fully saturated rings. The Morgan fingerprint density at radius 1 is 1.16 bits per heavy atom. The number of amides is 1. The SMILES string of the molecule is O=C1OC[C@@H]2CCC[C@@H](S(=O)(=O)c3ccccc3)N12. The number of hydrogen-bond donors (Lipinski definition) is 0. The molecule has 102 valence electrons. The van der Waals surface area contributed by atoms with Crippen molar-refractivity contribution in [1.82, 2.24) is 4.90 Å². The zero-order valence-corrected chi connectivity index (χ0v) is 11.2. The fraction of sp³-hybridized carbons (Fsp3) is 0.462. The van der Waals surface area contributed by atoms with Crippen molar-refractivity contribution >= 4 is 15.9 Å². The van der Waals surface area contributed by atoms with Crippen LogP contribution in [0.5, 0.6) is 0 Å². The molecule has 2 aliphatic heterocycles. The average Bonchev–Trinajstić information content (AvgIpc) is 2.82. The summed E-state index contributed by atoms with van der Waals surface area (Å²) in [5, 5.41) is -0.788. The summed E-state index contributed by atoms with van der Waals surface area (Å²) in [5.41, 5.74) is 0. The Bertz CT molecular complexity index is 584. The number of cyclic esters (lactones) is 1. The van der Waals surface area contributed by atoms with Crippen LogP contribution >= 0.6 is 0 Å². The number of hydrogen-bond acceptors (Lipinski definition) is 4. The van der Waals surface area contributed by atoms with Crippen molar-refractivity contribution in [3.63, 3.8) is 0 Å². The van der Waals surface area contributed by atoms with Crippen molar-refractivity contribution in [3.05, 3.63) is 30.3 Å². The molecule has 0 aliphatic carbocycles. The molecule has 5 nitrogen and oxygen atoms in total. The van der Waals surface area contributed by atoms with Gasteiger partial charge in [0.1, 0.15) is 12.0 Å². The maximum atomic E-state index is 12.6. The molecular weight excluding hydrogens is 266 g/mol. The summed E-state index contributed by atoms with van der Waals surface area (Å²) in [6.07, 6.45) is 1.58. The summed E-state index contributed by atoms with van der Waals surface area (Å²) in [5.74, 6) is 0. The van der Waals surface area contributed by atoms with E-state index in [0.29, 0.717) is 13.0 Å². The van der Waals surface area contributed by atoms with Gasteiger partial charge < -0.3 is 4.74 Å². The van der Waals surface area contributed by atoms with Gasteiger partial charge in [-0.25, -0.2) is 13.2 Å². The predicted molar refractivity (Wildman–Crippen MR) is 68.2 cm³/mol. The molecule has 2 saturated heterocycles. The second-order valence-electron chi connectivity index (χ2n) is 4.88. The van der Waals surface area contributed by atoms with E-state index in [-0.39, 0.29) is 10.9 Å². The lowest BCUT2D eigenvalue weighted by Gasteiger charge is -2.34. The van der Waals surface area contributed by atoms with Crippen LogP contribution in [0.4, 0.5) is 4.79 Å². The maximum absolute atomic E-state index is 12.6. The highest BCUT2D eigenvalue weighted by Gasteiger charge is 2.46. The van der Waals surface area contributed by atoms with Crippen LogP contribution in [-0.4, -0.2) is 37.4 Å². The fourth-order valence-corrected chi connectivity index (χ4v) is 4.67. The van der Waals surface area contributed by atoms with E-state index in [2.05, 4.69) is 0 Å². The van der Waals surface area contributed by atoms with E-state index < -0.39 is 21.3 Å². The zero-order chi connectivity index (χ0) is 13.5. The molecule has 0 radical (unpaired) electrons. The van der Waals surface area contributed by atoms with Gasteiger partial charge in [-0.1, -0.05) is 18.2 Å². The van der Waals surface area contributed by atoms with Gasteiger partial charge in [0.05, 0.1) is 10.9 Å². The van der Waals surface area contributed by atoms with E-state index in [1.165, 1.54) is 4.90 Å². The standard InChI is InChI=1S/C13H15NO4S/c15-13-14-10(9-18-13)5-4-8-12(14)19(16,17)11-6-2-1-3-7-11/h1-3,6-7,10,12H,4-5,8-9H2/t10-,12+/m0/s1. The molecule has 2 aliphatic rings. The van der Waals surface area contributed by atoms with Gasteiger partial charge in [0.2, 0.25) is 0 Å². The number of nitrogens with zero attached hydrogens (tertiary/aromatic N) is 1. The second-order valence-corrected chi connectivity index (χ2v) is 6.99. The highest BCUT2D eigenvalue weighted by Crippen LogP contribution is 2.33. The maximum Gasteiger partial charge on any atom is 0.411 e. The molecule has 0 spiro atoms. The minimum Gasteiger partial charge on any atom is -0.447 e. The van der Waals surface area contributed by atoms with Crippen molar-refractivity contribution in [1.29, 1.82) is 0 Å². The zero-order valence-electron chi connectivity index (χ0n) is 10.4. The van der Waals surface area contributed by atoms with Crippen molar-refractivity contribution in [2.75, 3.05) is 6.61 Å². The Hall–Kier alpha value is -1.56. The normalized spacial score (nSPS) is 26.9. The first-order chi connectivity index (χ1) is 9.10. The Morgan fingerprint density at radius 2 is 1.89 bits per heavy atom. The van der Waals surface area contributed by atoms with Gasteiger partial charge in [0.15, 0.2) is 9.84 Å². The summed E-state index contributed by atoms with van der Waals surface area (Å²) in [7, 11) is -3.52. The molecule has 1 aromatic rings. The largest absolute Gasteiger partial charge is 0.447 e. The lowest BCUT2D eigenvalue weighted by atomic mass is 10.0. The quantitative estimate of drug-likeness (QED) is 0.829. The number of rotatable bonds is 2. The second kappa shape index (κ2) is 4.52. The molecule has 0 bridgehead atoms. The minimum absolute atomic E-state index is 0.0928. The predicted octanol–water partition coefficient (Wildman–Crippen LogP) is 1.79. The summed E-state index contributed by atoms with van der Waals surface area (Å²) in [4.78, 5) is 13.4. The van der Waals surface area contributed by atoms with E-state index in [1.54, 1.807) is 30.3 Å². The third-order valence-corrected chi connectivity index (χ3v) is 5.84. The van der Waals surface area contributed by atoms with E-state index in [0.717, 1.165) is 12.8 Å². The Labute approximate surface area is 112 Å². The Balaban J connectivity index is 1.99. The van der Waals surface area contributed by atoms with E-state index >= 15 is 0 Å². The van der Waals surface area contributed by atoms with Gasteiger partial charge in [-0.15, -0.1) is 0 Å². The molecule has 0 N–H and O–H groups in total. The molecular formula is C13H15NO4S. The van der Waals surface area contributed by atoms with Gasteiger partial charge >= 0.3 is 6.09 Å². The number of piperidine rings is 1. The number of carbonyl (C=O) groups is 1. The van der Waals surface area contributed by atoms with E-state index in [1.807, 2.05) is 0 Å². The fourth-order valence-electron chi connectivity index (χ4n) is 2.79. The van der Waals surface area contributed by atoms with Gasteiger partial charge in [0, 0.05) is 0 Å². The third-order valence-electron chi connectivity index (χ3n) is 3.73. The monoisotopic (exact) mass is 281 g/mol. The Kier molecular flexibility index (Phi) is 2.97. The molecule has 1 aromatic carbocycles. The van der Waals surface area contributed by atoms with Crippen LogP contribution in [0.2, 0.25) is 0 Å². The highest BCUT2D eigenvalue weighted by atomic mass is 32.2. The van der Waals surface area contributed by atoms with Gasteiger partial charge in [-0.3, -0.25) is 4.90 Å². The highest BCUT2D eigenvalue weighted by molar-refractivity contribution is 7.92. The van der Waals surface area contributed by atoms with Crippen molar-refractivity contribution in [2.45, 2.75) is 35.6 Å². The van der Waals surface area contributed by atoms with Crippen molar-refractivity contribution in [3.8, 4) is 0 Å². The van der Waals surface area contributed by atoms with Crippen molar-refractivity contribution in [2.24, 2.45) is 0 Å². The number of sulfone groups is 1. The smallest absolute Gasteiger partial charge is 0.411 e. The lowest BCUT2D eigenvalue weighted by Crippen LogP contribution is -2.49. The molecule has 1 amide bonds. The van der Waals surface area contributed by atoms with E-state index in [4.69, 9.17) is 4.74 Å². The topological polar surface area (TPSA) is 63.7 Å². The van der Waals surface area contributed by atoms with Gasteiger partial charge in [-0.05, 0) is 31.4 Å². The number of fused-ring (bicyclic) bond motifs is 1. The molecule has 3 rings (SSSR count). The molecule has 2 atom stereocenters. The Morgan fingerprint density at radius 3 is 2.63 bits per heavy atom. The third kappa shape index (κ3) is 2.00. The van der Waals surface area contributed by atoms with Crippen LogP contribution in [-0.2, 0) is 14.6 Å². The first kappa shape index (κ1) is 12.5. The van der Waals surface area contributed by atoms with Crippen LogP contribution in [0.15, 0.2) is 35.2 Å². The van der Waals surface area contributed by atoms with Crippen molar-refractivity contribution < 1.29 is 17.9 Å². The summed E-state index contributed by atoms with van der Waals surface area (Å²) >= 11 is 0. The van der Waals surface area contributed by atoms with E-state index in [9.17, 15) is 13.2 Å². The average molecular weight is 281 g/mol.